The number of aliphatic hydroxyl groups is 3. The van der Waals surface area contributed by atoms with Crippen molar-refractivity contribution in [1.82, 2.24) is 0 Å². The minimum Gasteiger partial charge on any atom is -0.396 e. The minimum absolute atomic E-state index is 0.302. The molecule has 0 aromatic rings. The van der Waals surface area contributed by atoms with Crippen molar-refractivity contribution >= 4 is 0 Å². The lowest BCUT2D eigenvalue weighted by atomic mass is 9.99. The zero-order chi connectivity index (χ0) is 15.8. The summed E-state index contributed by atoms with van der Waals surface area (Å²) in [6.45, 7) is 2.51. The summed E-state index contributed by atoms with van der Waals surface area (Å²) in [6.07, 6.45) is 15.7. The van der Waals surface area contributed by atoms with Crippen molar-refractivity contribution in [3.8, 4) is 0 Å². The van der Waals surface area contributed by atoms with Crippen molar-refractivity contribution in [2.24, 2.45) is 0 Å². The third-order valence-electron chi connectivity index (χ3n) is 4.17. The summed E-state index contributed by atoms with van der Waals surface area (Å²) >= 11 is 0. The molecule has 0 rings (SSSR count). The molecule has 3 nitrogen and oxygen atoms in total. The standard InChI is InChI=1S/C18H38O3/c1-2-3-4-5-9-12-15-18(20,21)16-13-10-7-6-8-11-14-17-19/h19-21H,2-17H2,1H3. The molecule has 0 saturated heterocycles. The average molecular weight is 302 g/mol. The van der Waals surface area contributed by atoms with Crippen LogP contribution in [0.3, 0.4) is 0 Å². The second-order valence-corrected chi connectivity index (χ2v) is 6.45. The van der Waals surface area contributed by atoms with Gasteiger partial charge in [-0.15, -0.1) is 0 Å². The van der Waals surface area contributed by atoms with Gasteiger partial charge in [0.05, 0.1) is 0 Å². The molecule has 21 heavy (non-hydrogen) atoms. The fourth-order valence-corrected chi connectivity index (χ4v) is 2.72. The van der Waals surface area contributed by atoms with Crippen LogP contribution in [0.4, 0.5) is 0 Å². The van der Waals surface area contributed by atoms with Gasteiger partial charge in [-0.2, -0.15) is 0 Å². The Kier molecular flexibility index (Phi) is 14.7. The van der Waals surface area contributed by atoms with Crippen LogP contribution in [0.15, 0.2) is 0 Å². The molecule has 0 saturated carbocycles. The molecule has 0 spiro atoms. The fraction of sp³-hybridized carbons (Fsp3) is 1.00. The summed E-state index contributed by atoms with van der Waals surface area (Å²) in [5.74, 6) is -1.44. The van der Waals surface area contributed by atoms with Crippen LogP contribution in [0, 0.1) is 0 Å². The Morgan fingerprint density at radius 1 is 0.571 bits per heavy atom. The Bertz CT molecular complexity index is 205. The number of rotatable bonds is 16. The maximum absolute atomic E-state index is 9.92. The molecule has 128 valence electrons. The van der Waals surface area contributed by atoms with E-state index in [2.05, 4.69) is 6.92 Å². The summed E-state index contributed by atoms with van der Waals surface area (Å²) in [6, 6.07) is 0. The highest BCUT2D eigenvalue weighted by atomic mass is 16.5. The van der Waals surface area contributed by atoms with E-state index in [4.69, 9.17) is 5.11 Å². The van der Waals surface area contributed by atoms with Gasteiger partial charge in [0.2, 0.25) is 0 Å². The summed E-state index contributed by atoms with van der Waals surface area (Å²) in [4.78, 5) is 0. The molecule has 0 aliphatic rings. The number of hydrogen-bond acceptors (Lipinski definition) is 3. The maximum Gasteiger partial charge on any atom is 0.162 e. The van der Waals surface area contributed by atoms with E-state index in [0.717, 1.165) is 38.5 Å². The second kappa shape index (κ2) is 14.8. The lowest BCUT2D eigenvalue weighted by Gasteiger charge is -2.21. The van der Waals surface area contributed by atoms with E-state index >= 15 is 0 Å². The van der Waals surface area contributed by atoms with Gasteiger partial charge in [0, 0.05) is 19.4 Å². The van der Waals surface area contributed by atoms with E-state index in [1.807, 2.05) is 0 Å². The van der Waals surface area contributed by atoms with Crippen LogP contribution < -0.4 is 0 Å². The zero-order valence-corrected chi connectivity index (χ0v) is 14.2. The Morgan fingerprint density at radius 2 is 0.952 bits per heavy atom. The van der Waals surface area contributed by atoms with Crippen LogP contribution >= 0.6 is 0 Å². The highest BCUT2D eigenvalue weighted by Crippen LogP contribution is 2.20. The van der Waals surface area contributed by atoms with Gasteiger partial charge in [0.25, 0.3) is 0 Å². The Balaban J connectivity index is 3.34. The SMILES string of the molecule is CCCCCCCCC(O)(O)CCCCCCCCCO. The fourth-order valence-electron chi connectivity index (χ4n) is 2.72. The van der Waals surface area contributed by atoms with Crippen LogP contribution in [0.1, 0.15) is 103 Å². The molecule has 3 N–H and O–H groups in total. The van der Waals surface area contributed by atoms with E-state index in [-0.39, 0.29) is 0 Å². The number of aliphatic hydroxyl groups excluding tert-OH is 1. The number of unbranched alkanes of at least 4 members (excludes halogenated alkanes) is 11. The molecule has 0 heterocycles. The van der Waals surface area contributed by atoms with Gasteiger partial charge in [-0.05, 0) is 19.3 Å². The molecule has 0 bridgehead atoms. The van der Waals surface area contributed by atoms with Crippen molar-refractivity contribution in [2.75, 3.05) is 6.61 Å². The average Bonchev–Trinajstić information content (AvgIpc) is 2.45. The van der Waals surface area contributed by atoms with Gasteiger partial charge >= 0.3 is 0 Å². The van der Waals surface area contributed by atoms with Crippen molar-refractivity contribution in [2.45, 2.75) is 109 Å². The predicted molar refractivity (Wildman–Crippen MR) is 89.2 cm³/mol. The van der Waals surface area contributed by atoms with Gasteiger partial charge in [-0.1, -0.05) is 71.1 Å². The highest BCUT2D eigenvalue weighted by Gasteiger charge is 2.21. The second-order valence-electron chi connectivity index (χ2n) is 6.45. The normalized spacial score (nSPS) is 12.0. The van der Waals surface area contributed by atoms with Crippen LogP contribution in [-0.2, 0) is 0 Å². The first-order valence-corrected chi connectivity index (χ1v) is 9.18. The van der Waals surface area contributed by atoms with Crippen LogP contribution in [0.25, 0.3) is 0 Å². The predicted octanol–water partition coefficient (Wildman–Crippen LogP) is 4.53. The van der Waals surface area contributed by atoms with Gasteiger partial charge < -0.3 is 15.3 Å². The summed E-state index contributed by atoms with van der Waals surface area (Å²) in [5, 5.41) is 28.5. The van der Waals surface area contributed by atoms with Crippen LogP contribution in [-0.4, -0.2) is 27.7 Å². The summed E-state index contributed by atoms with van der Waals surface area (Å²) in [5.41, 5.74) is 0. The number of hydrogen-bond donors (Lipinski definition) is 3. The topological polar surface area (TPSA) is 60.7 Å². The lowest BCUT2D eigenvalue weighted by Crippen LogP contribution is -2.27. The van der Waals surface area contributed by atoms with Crippen LogP contribution in [0.5, 0.6) is 0 Å². The molecule has 0 aromatic carbocycles. The molecule has 0 aromatic heterocycles. The Morgan fingerprint density at radius 3 is 1.38 bits per heavy atom. The monoisotopic (exact) mass is 302 g/mol. The molecule has 0 radical (unpaired) electrons. The molecule has 0 amide bonds. The molecule has 0 fully saturated rings. The van der Waals surface area contributed by atoms with Crippen molar-refractivity contribution < 1.29 is 15.3 Å². The maximum atomic E-state index is 9.92. The van der Waals surface area contributed by atoms with Gasteiger partial charge in [0.1, 0.15) is 0 Å². The minimum atomic E-state index is -1.44. The third-order valence-corrected chi connectivity index (χ3v) is 4.17. The zero-order valence-electron chi connectivity index (χ0n) is 14.2. The molecule has 0 aliphatic heterocycles. The van der Waals surface area contributed by atoms with E-state index in [9.17, 15) is 10.2 Å². The molecule has 0 aliphatic carbocycles. The largest absolute Gasteiger partial charge is 0.396 e. The first-order valence-electron chi connectivity index (χ1n) is 9.18. The summed E-state index contributed by atoms with van der Waals surface area (Å²) in [7, 11) is 0. The Labute approximate surface area is 131 Å². The van der Waals surface area contributed by atoms with E-state index < -0.39 is 5.79 Å². The smallest absolute Gasteiger partial charge is 0.162 e. The highest BCUT2D eigenvalue weighted by molar-refractivity contribution is 4.65. The van der Waals surface area contributed by atoms with Gasteiger partial charge in [-0.3, -0.25) is 0 Å². The van der Waals surface area contributed by atoms with Crippen molar-refractivity contribution in [3.05, 3.63) is 0 Å². The van der Waals surface area contributed by atoms with E-state index in [0.29, 0.717) is 19.4 Å². The Hall–Kier alpha value is -0.120. The molecular weight excluding hydrogens is 264 g/mol. The van der Waals surface area contributed by atoms with Crippen molar-refractivity contribution in [3.63, 3.8) is 0 Å². The third kappa shape index (κ3) is 16.1. The first kappa shape index (κ1) is 20.9. The van der Waals surface area contributed by atoms with Crippen molar-refractivity contribution in [1.29, 1.82) is 0 Å². The van der Waals surface area contributed by atoms with E-state index in [1.54, 1.807) is 0 Å². The van der Waals surface area contributed by atoms with Crippen LogP contribution in [0.2, 0.25) is 0 Å². The van der Waals surface area contributed by atoms with Gasteiger partial charge in [0.15, 0.2) is 5.79 Å². The quantitative estimate of drug-likeness (QED) is 0.290. The summed E-state index contributed by atoms with van der Waals surface area (Å²) < 4.78 is 0. The molecular formula is C18H38O3. The van der Waals surface area contributed by atoms with Gasteiger partial charge in [-0.25, -0.2) is 0 Å². The molecule has 3 heteroatoms. The van der Waals surface area contributed by atoms with E-state index in [1.165, 1.54) is 44.9 Å². The first-order chi connectivity index (χ1) is 10.1. The lowest BCUT2D eigenvalue weighted by molar-refractivity contribution is -0.172. The molecule has 0 unspecified atom stereocenters. The molecule has 0 atom stereocenters.